The summed E-state index contributed by atoms with van der Waals surface area (Å²) in [6.07, 6.45) is 4.68. The average molecular weight is 1460 g/mol. The number of anilines is 6. The van der Waals surface area contributed by atoms with E-state index in [-0.39, 0.29) is 39.2 Å². The van der Waals surface area contributed by atoms with Gasteiger partial charge < -0.3 is 18.9 Å². The van der Waals surface area contributed by atoms with E-state index in [2.05, 4.69) is 413 Å². The van der Waals surface area contributed by atoms with Gasteiger partial charge in [-0.1, -0.05) is 297 Å². The van der Waals surface area contributed by atoms with Crippen molar-refractivity contribution in [2.45, 2.75) is 155 Å². The molecule has 16 aromatic rings. The highest BCUT2D eigenvalue weighted by molar-refractivity contribution is 7.00. The summed E-state index contributed by atoms with van der Waals surface area (Å²) in [6, 6.07) is 116. The van der Waals surface area contributed by atoms with Crippen LogP contribution in [-0.2, 0) is 32.5 Å². The van der Waals surface area contributed by atoms with Crippen molar-refractivity contribution in [3.8, 4) is 67.0 Å². The Labute approximate surface area is 668 Å². The lowest BCUT2D eigenvalue weighted by Crippen LogP contribution is -2.61. The monoisotopic (exact) mass is 1460 g/mol. The van der Waals surface area contributed by atoms with Crippen LogP contribution in [0.3, 0.4) is 0 Å². The maximum absolute atomic E-state index is 2.65. The van der Waals surface area contributed by atoms with Crippen LogP contribution in [0.25, 0.3) is 111 Å². The Balaban J connectivity index is 0.878. The molecule has 4 aliphatic rings. The fourth-order valence-corrected chi connectivity index (χ4v) is 19.9. The number of para-hydroxylation sites is 1. The van der Waals surface area contributed by atoms with Gasteiger partial charge in [0.1, 0.15) is 0 Å². The SMILES string of the molecule is CC(C)(C)c1ccc(-c2ccc3c(c2)B2c4ccc(-n5c6ccccc6c6cc(C(C)(C)C)ccc65)cc4N(c4ccc(-c5ccc6c(c5)C(C)(C)CCC6(C)C)cc4)c4cc(-n5c6ccc(-c7ccccc7)cc6c6cc(-c7ccccc7)ccc65)cc(c42)N3c2ccc(-c3ccc4c(c3)C(C)(C)CCC4(C)C)cc2)cc1. The predicted molar refractivity (Wildman–Crippen MR) is 484 cm³/mol. The van der Waals surface area contributed by atoms with E-state index < -0.39 is 0 Å². The van der Waals surface area contributed by atoms with Crippen LogP contribution >= 0.6 is 0 Å². The molecule has 2 aromatic heterocycles. The predicted octanol–water partition coefficient (Wildman–Crippen LogP) is 27.6. The van der Waals surface area contributed by atoms with Gasteiger partial charge in [0, 0.05) is 61.4 Å². The number of benzene rings is 14. The zero-order valence-electron chi connectivity index (χ0n) is 68.0. The summed E-state index contributed by atoms with van der Waals surface area (Å²) in [4.78, 5) is 5.28. The Morgan fingerprint density at radius 2 is 0.611 bits per heavy atom. The molecule has 14 aromatic carbocycles. The summed E-state index contributed by atoms with van der Waals surface area (Å²) in [5, 5.41) is 4.92. The summed E-state index contributed by atoms with van der Waals surface area (Å²) in [5.41, 5.74) is 38.4. The Hall–Kier alpha value is -11.7. The molecule has 0 spiro atoms. The number of aromatic nitrogens is 2. The smallest absolute Gasteiger partial charge is 0.252 e. The molecule has 2 aliphatic carbocycles. The van der Waals surface area contributed by atoms with E-state index >= 15 is 0 Å². The third-order valence-corrected chi connectivity index (χ3v) is 26.8. The quantitative estimate of drug-likeness (QED) is 0.134. The first kappa shape index (κ1) is 70.5. The number of hydrogen-bond donors (Lipinski definition) is 0. The van der Waals surface area contributed by atoms with Gasteiger partial charge in [-0.25, -0.2) is 0 Å². The van der Waals surface area contributed by atoms with Crippen molar-refractivity contribution in [3.63, 3.8) is 0 Å². The third kappa shape index (κ3) is 11.5. The van der Waals surface area contributed by atoms with Gasteiger partial charge in [-0.3, -0.25) is 0 Å². The molecule has 0 unspecified atom stereocenters. The minimum absolute atomic E-state index is 0.00731. The van der Waals surface area contributed by atoms with Crippen molar-refractivity contribution in [2.24, 2.45) is 0 Å². The van der Waals surface area contributed by atoms with Gasteiger partial charge in [0.2, 0.25) is 0 Å². The number of rotatable bonds is 9. The second kappa shape index (κ2) is 25.4. The van der Waals surface area contributed by atoms with Crippen molar-refractivity contribution >= 4 is 101 Å². The number of hydrogen-bond acceptors (Lipinski definition) is 2. The third-order valence-electron chi connectivity index (χ3n) is 26.8. The first-order chi connectivity index (χ1) is 54.2. The van der Waals surface area contributed by atoms with Crippen LogP contribution in [0.1, 0.15) is 156 Å². The van der Waals surface area contributed by atoms with Crippen LogP contribution < -0.4 is 26.2 Å². The highest BCUT2D eigenvalue weighted by atomic mass is 15.2. The molecule has 0 amide bonds. The van der Waals surface area contributed by atoms with Crippen molar-refractivity contribution in [1.29, 1.82) is 0 Å². The summed E-state index contributed by atoms with van der Waals surface area (Å²) in [7, 11) is 0. The molecule has 0 N–H and O–H groups in total. The van der Waals surface area contributed by atoms with Crippen LogP contribution in [0.5, 0.6) is 0 Å². The van der Waals surface area contributed by atoms with Gasteiger partial charge in [-0.2, -0.15) is 0 Å². The molecule has 5 heteroatoms. The summed E-state index contributed by atoms with van der Waals surface area (Å²) in [6.45, 7) is 33.2. The molecule has 2 aliphatic heterocycles. The second-order valence-electron chi connectivity index (χ2n) is 37.9. The lowest BCUT2D eigenvalue weighted by molar-refractivity contribution is 0.332. The molecule has 113 heavy (non-hydrogen) atoms. The molecule has 0 saturated heterocycles. The molecular formula is C108H99BN4. The molecule has 554 valence electrons. The molecule has 4 heterocycles. The van der Waals surface area contributed by atoms with Crippen LogP contribution in [0.2, 0.25) is 0 Å². The van der Waals surface area contributed by atoms with Crippen molar-refractivity contribution in [3.05, 3.63) is 331 Å². The van der Waals surface area contributed by atoms with E-state index in [1.807, 2.05) is 0 Å². The maximum Gasteiger partial charge on any atom is 0.252 e. The molecule has 20 rings (SSSR count). The number of nitrogens with zero attached hydrogens (tertiary/aromatic N) is 4. The van der Waals surface area contributed by atoms with E-state index in [1.54, 1.807) is 0 Å². The van der Waals surface area contributed by atoms with Gasteiger partial charge in [-0.15, -0.1) is 0 Å². The highest BCUT2D eigenvalue weighted by Crippen LogP contribution is 2.53. The van der Waals surface area contributed by atoms with Gasteiger partial charge in [-0.05, 0) is 261 Å². The van der Waals surface area contributed by atoms with Crippen molar-refractivity contribution < 1.29 is 0 Å². The minimum Gasteiger partial charge on any atom is -0.311 e. The normalized spacial score (nSPS) is 15.8. The van der Waals surface area contributed by atoms with Crippen molar-refractivity contribution in [1.82, 2.24) is 9.13 Å². The van der Waals surface area contributed by atoms with Crippen molar-refractivity contribution in [2.75, 3.05) is 9.80 Å². The van der Waals surface area contributed by atoms with Gasteiger partial charge in [0.25, 0.3) is 6.71 Å². The van der Waals surface area contributed by atoms with Crippen LogP contribution in [-0.4, -0.2) is 15.8 Å². The van der Waals surface area contributed by atoms with Gasteiger partial charge in [0.05, 0.1) is 27.8 Å². The fraction of sp³-hybridized carbons (Fsp3) is 0.222. The summed E-state index contributed by atoms with van der Waals surface area (Å²) >= 11 is 0. The van der Waals surface area contributed by atoms with E-state index in [1.165, 1.54) is 151 Å². The standard InChI is InChI=1S/C108H99BN4/c1-103(2,3)78-40-29-70(30-41-78)77-39-53-98-93(63-77)109-92-50-47-82(112-94-28-22-21-27-84(94)87-64-79(104(4,5)6)42-54-97(87)112)65-99(92)111(81-45-33-72(34-46-81)76-36-49-89-91(62-76)108(13,14)58-56-106(89,9)10)101-67-83(66-100(102(101)109)110(98)80-43-31-71(32-44-80)75-35-48-88-90(61-75)107(11,12)57-55-105(88,7)8)113-95-51-37-73(68-23-17-15-18-24-68)59-85(95)86-60-74(38-52-96(86)113)69-25-19-16-20-26-69/h15-54,59-67H,55-58H2,1-14H3. The molecule has 0 bridgehead atoms. The average Bonchev–Trinajstić information content (AvgIpc) is 1.32. The summed E-state index contributed by atoms with van der Waals surface area (Å²) < 4.78 is 5.11. The Morgan fingerprint density at radius 1 is 0.248 bits per heavy atom. The Bertz CT molecular complexity index is 6450. The van der Waals surface area contributed by atoms with Gasteiger partial charge in [0.15, 0.2) is 0 Å². The zero-order chi connectivity index (χ0) is 77.6. The molecule has 0 atom stereocenters. The molecule has 4 nitrogen and oxygen atoms in total. The first-order valence-electron chi connectivity index (χ1n) is 41.1. The zero-order valence-corrected chi connectivity index (χ0v) is 68.0. The van der Waals surface area contributed by atoms with Crippen LogP contribution in [0, 0.1) is 0 Å². The fourth-order valence-electron chi connectivity index (χ4n) is 19.9. The Kier molecular flexibility index (Phi) is 15.9. The lowest BCUT2D eigenvalue weighted by Gasteiger charge is -2.44. The molecule has 0 radical (unpaired) electrons. The molecule has 0 fully saturated rings. The van der Waals surface area contributed by atoms with E-state index in [9.17, 15) is 0 Å². The topological polar surface area (TPSA) is 16.3 Å². The maximum atomic E-state index is 2.65. The highest BCUT2D eigenvalue weighted by Gasteiger charge is 2.46. The number of fused-ring (bicyclic) bond motifs is 12. The Morgan fingerprint density at radius 3 is 1.12 bits per heavy atom. The first-order valence-corrected chi connectivity index (χ1v) is 41.1. The van der Waals surface area contributed by atoms with E-state index in [0.717, 1.165) is 69.4 Å². The van der Waals surface area contributed by atoms with E-state index in [4.69, 9.17) is 0 Å². The van der Waals surface area contributed by atoms with Crippen LogP contribution in [0.15, 0.2) is 297 Å². The summed E-state index contributed by atoms with van der Waals surface area (Å²) in [5.74, 6) is 0. The lowest BCUT2D eigenvalue weighted by atomic mass is 9.33. The molecular weight excluding hydrogens is 1360 g/mol. The van der Waals surface area contributed by atoms with Gasteiger partial charge >= 0.3 is 0 Å². The van der Waals surface area contributed by atoms with E-state index in [0.29, 0.717) is 0 Å². The largest absolute Gasteiger partial charge is 0.311 e. The minimum atomic E-state index is -0.202. The molecule has 0 saturated carbocycles. The van der Waals surface area contributed by atoms with Crippen LogP contribution in [0.4, 0.5) is 34.1 Å². The second-order valence-corrected chi connectivity index (χ2v) is 37.9.